The first-order valence-electron chi connectivity index (χ1n) is 7.12. The molecule has 4 heteroatoms. The van der Waals surface area contributed by atoms with E-state index in [4.69, 9.17) is 0 Å². The van der Waals surface area contributed by atoms with Gasteiger partial charge >= 0.3 is 6.09 Å². The predicted molar refractivity (Wildman–Crippen MR) is 74.6 cm³/mol. The van der Waals surface area contributed by atoms with Gasteiger partial charge in [0.2, 0.25) is 0 Å². The zero-order chi connectivity index (χ0) is 13.2. The lowest BCUT2D eigenvalue weighted by Crippen LogP contribution is -2.37. The van der Waals surface area contributed by atoms with E-state index in [2.05, 4.69) is 23.5 Å². The zero-order valence-electron chi connectivity index (χ0n) is 11.1. The van der Waals surface area contributed by atoms with Crippen LogP contribution in [0.4, 0.5) is 10.5 Å². The lowest BCUT2D eigenvalue weighted by molar-refractivity contribution is 0.106. The van der Waals surface area contributed by atoms with Crippen LogP contribution in [-0.4, -0.2) is 29.2 Å². The molecule has 0 radical (unpaired) electrons. The Labute approximate surface area is 113 Å². The number of nitrogens with zero attached hydrogens (tertiary/aromatic N) is 1. The Morgan fingerprint density at radius 3 is 3.05 bits per heavy atom. The van der Waals surface area contributed by atoms with Gasteiger partial charge in [0.25, 0.3) is 0 Å². The van der Waals surface area contributed by atoms with Gasteiger partial charge in [-0.15, -0.1) is 0 Å². The van der Waals surface area contributed by atoms with Gasteiger partial charge in [-0.25, -0.2) is 4.79 Å². The molecule has 2 N–H and O–H groups in total. The largest absolute Gasteiger partial charge is 0.465 e. The molecule has 102 valence electrons. The molecule has 2 heterocycles. The number of hydrogen-bond donors (Lipinski definition) is 2. The quantitative estimate of drug-likeness (QED) is 0.815. The minimum absolute atomic E-state index is 0.0403. The van der Waals surface area contributed by atoms with Gasteiger partial charge in [0, 0.05) is 18.8 Å². The molecular formula is C15H20N2O2. The maximum Gasteiger partial charge on any atom is 0.407 e. The normalized spacial score (nSPS) is 22.5. The van der Waals surface area contributed by atoms with Gasteiger partial charge in [-0.2, -0.15) is 0 Å². The highest BCUT2D eigenvalue weighted by molar-refractivity contribution is 5.66. The van der Waals surface area contributed by atoms with E-state index in [1.54, 1.807) is 4.90 Å². The third-order valence-electron chi connectivity index (χ3n) is 4.20. The Morgan fingerprint density at radius 2 is 2.21 bits per heavy atom. The minimum atomic E-state index is -0.791. The topological polar surface area (TPSA) is 52.6 Å². The Kier molecular flexibility index (Phi) is 3.32. The molecule has 1 saturated heterocycles. The van der Waals surface area contributed by atoms with Crippen molar-refractivity contribution < 1.29 is 9.90 Å². The molecular weight excluding hydrogens is 240 g/mol. The van der Waals surface area contributed by atoms with Crippen LogP contribution < -0.4 is 5.32 Å². The second-order valence-electron chi connectivity index (χ2n) is 5.43. The third-order valence-corrected chi connectivity index (χ3v) is 4.20. The molecule has 1 amide bonds. The SMILES string of the molecule is O=C(O)N1CCCCC1c1ccc2c(c1)CCCN2. The van der Waals surface area contributed by atoms with Gasteiger partial charge in [0.15, 0.2) is 0 Å². The molecule has 0 spiro atoms. The lowest BCUT2D eigenvalue weighted by Gasteiger charge is -2.34. The number of aryl methyl sites for hydroxylation is 1. The Bertz CT molecular complexity index is 487. The van der Waals surface area contributed by atoms with Crippen LogP contribution in [-0.2, 0) is 6.42 Å². The van der Waals surface area contributed by atoms with Gasteiger partial charge in [0.1, 0.15) is 0 Å². The van der Waals surface area contributed by atoms with E-state index < -0.39 is 6.09 Å². The molecule has 1 atom stereocenters. The molecule has 2 aliphatic rings. The highest BCUT2D eigenvalue weighted by Crippen LogP contribution is 2.33. The van der Waals surface area contributed by atoms with Crippen LogP contribution >= 0.6 is 0 Å². The van der Waals surface area contributed by atoms with E-state index in [-0.39, 0.29) is 6.04 Å². The van der Waals surface area contributed by atoms with E-state index in [0.29, 0.717) is 6.54 Å². The van der Waals surface area contributed by atoms with Crippen LogP contribution in [0.15, 0.2) is 18.2 Å². The number of likely N-dealkylation sites (tertiary alicyclic amines) is 1. The molecule has 2 aliphatic heterocycles. The van der Waals surface area contributed by atoms with Crippen LogP contribution in [0, 0.1) is 0 Å². The smallest absolute Gasteiger partial charge is 0.407 e. The standard InChI is InChI=1S/C15H20N2O2/c18-15(19)17-9-2-1-5-14(17)12-6-7-13-11(10-12)4-3-8-16-13/h6-7,10,14,16H,1-5,8-9H2,(H,18,19). The van der Waals surface area contributed by atoms with Gasteiger partial charge in [-0.3, -0.25) is 0 Å². The van der Waals surface area contributed by atoms with Gasteiger partial charge < -0.3 is 15.3 Å². The first-order valence-corrected chi connectivity index (χ1v) is 7.12. The van der Waals surface area contributed by atoms with Gasteiger partial charge in [-0.05, 0) is 49.3 Å². The number of fused-ring (bicyclic) bond motifs is 1. The second kappa shape index (κ2) is 5.11. The van der Waals surface area contributed by atoms with Gasteiger partial charge in [0.05, 0.1) is 6.04 Å². The fraction of sp³-hybridized carbons (Fsp3) is 0.533. The highest BCUT2D eigenvalue weighted by atomic mass is 16.4. The second-order valence-corrected chi connectivity index (χ2v) is 5.43. The molecule has 19 heavy (non-hydrogen) atoms. The molecule has 0 aromatic heterocycles. The van der Waals surface area contributed by atoms with Crippen LogP contribution in [0.3, 0.4) is 0 Å². The van der Waals surface area contributed by atoms with Crippen LogP contribution in [0.5, 0.6) is 0 Å². The van der Waals surface area contributed by atoms with Crippen molar-refractivity contribution in [1.29, 1.82) is 0 Å². The summed E-state index contributed by atoms with van der Waals surface area (Å²) >= 11 is 0. The number of carboxylic acid groups (broad SMARTS) is 1. The van der Waals surface area contributed by atoms with Crippen molar-refractivity contribution >= 4 is 11.8 Å². The van der Waals surface area contributed by atoms with E-state index in [0.717, 1.165) is 44.2 Å². The Hall–Kier alpha value is -1.71. The van der Waals surface area contributed by atoms with Crippen molar-refractivity contribution in [3.63, 3.8) is 0 Å². The predicted octanol–water partition coefficient (Wildman–Crippen LogP) is 3.25. The van der Waals surface area contributed by atoms with E-state index >= 15 is 0 Å². The van der Waals surface area contributed by atoms with Gasteiger partial charge in [-0.1, -0.05) is 12.1 Å². The molecule has 0 saturated carbocycles. The van der Waals surface area contributed by atoms with Crippen molar-refractivity contribution in [2.75, 3.05) is 18.4 Å². The maximum atomic E-state index is 11.3. The number of hydrogen-bond acceptors (Lipinski definition) is 2. The fourth-order valence-corrected chi connectivity index (χ4v) is 3.21. The van der Waals surface area contributed by atoms with Crippen molar-refractivity contribution in [3.05, 3.63) is 29.3 Å². The number of carbonyl (C=O) groups is 1. The monoisotopic (exact) mass is 260 g/mol. The molecule has 1 aromatic rings. The van der Waals surface area contributed by atoms with Crippen molar-refractivity contribution in [3.8, 4) is 0 Å². The summed E-state index contributed by atoms with van der Waals surface area (Å²) in [6.07, 6.45) is 4.50. The number of benzene rings is 1. The zero-order valence-corrected chi connectivity index (χ0v) is 11.1. The molecule has 3 rings (SSSR count). The average molecular weight is 260 g/mol. The molecule has 0 bridgehead atoms. The maximum absolute atomic E-state index is 11.3. The van der Waals surface area contributed by atoms with Crippen molar-refractivity contribution in [2.45, 2.75) is 38.1 Å². The highest BCUT2D eigenvalue weighted by Gasteiger charge is 2.28. The first kappa shape index (κ1) is 12.3. The summed E-state index contributed by atoms with van der Waals surface area (Å²) < 4.78 is 0. The summed E-state index contributed by atoms with van der Waals surface area (Å²) in [5, 5.41) is 12.7. The number of piperidine rings is 1. The summed E-state index contributed by atoms with van der Waals surface area (Å²) in [7, 11) is 0. The molecule has 1 aromatic carbocycles. The lowest BCUT2D eigenvalue weighted by atomic mass is 9.92. The summed E-state index contributed by atoms with van der Waals surface area (Å²) in [5.74, 6) is 0. The fourth-order valence-electron chi connectivity index (χ4n) is 3.21. The van der Waals surface area contributed by atoms with E-state index in [1.807, 2.05) is 0 Å². The summed E-state index contributed by atoms with van der Waals surface area (Å²) in [6, 6.07) is 6.44. The Balaban J connectivity index is 1.89. The van der Waals surface area contributed by atoms with Crippen molar-refractivity contribution in [2.24, 2.45) is 0 Å². The number of rotatable bonds is 1. The molecule has 1 fully saturated rings. The van der Waals surface area contributed by atoms with E-state index in [1.165, 1.54) is 11.3 Å². The minimum Gasteiger partial charge on any atom is -0.465 e. The summed E-state index contributed by atoms with van der Waals surface area (Å²) in [6.45, 7) is 1.70. The van der Waals surface area contributed by atoms with Crippen LogP contribution in [0.1, 0.15) is 42.9 Å². The molecule has 4 nitrogen and oxygen atoms in total. The summed E-state index contributed by atoms with van der Waals surface area (Å²) in [4.78, 5) is 12.9. The average Bonchev–Trinajstić information content (AvgIpc) is 2.46. The number of amides is 1. The van der Waals surface area contributed by atoms with E-state index in [9.17, 15) is 9.90 Å². The third kappa shape index (κ3) is 2.39. The molecule has 0 aliphatic carbocycles. The van der Waals surface area contributed by atoms with Crippen LogP contribution in [0.2, 0.25) is 0 Å². The number of nitrogens with one attached hydrogen (secondary N) is 1. The van der Waals surface area contributed by atoms with Crippen LogP contribution in [0.25, 0.3) is 0 Å². The Morgan fingerprint density at radius 1 is 1.32 bits per heavy atom. The number of anilines is 1. The van der Waals surface area contributed by atoms with Crippen molar-refractivity contribution in [1.82, 2.24) is 4.90 Å². The first-order chi connectivity index (χ1) is 9.25. The molecule has 1 unspecified atom stereocenters. The summed E-state index contributed by atoms with van der Waals surface area (Å²) in [5.41, 5.74) is 3.71.